The highest BCUT2D eigenvalue weighted by Crippen LogP contribution is 2.64. The van der Waals surface area contributed by atoms with Gasteiger partial charge in [-0.2, -0.15) is 0 Å². The molecule has 2 saturated heterocycles. The number of phenolic OH excluding ortho intramolecular Hbond substituents is 1. The number of aliphatic hydroxyl groups is 1. The van der Waals surface area contributed by atoms with Gasteiger partial charge in [0.15, 0.2) is 40.0 Å². The number of phenols is 1. The van der Waals surface area contributed by atoms with E-state index >= 15 is 0 Å². The monoisotopic (exact) mass is 851 g/mol. The third-order valence-corrected chi connectivity index (χ3v) is 14.4. The van der Waals surface area contributed by atoms with Gasteiger partial charge in [0.2, 0.25) is 6.79 Å². The summed E-state index contributed by atoms with van der Waals surface area (Å²) in [6, 6.07) is 3.12. The maximum absolute atomic E-state index is 14.9. The summed E-state index contributed by atoms with van der Waals surface area (Å²) >= 11 is 7.27. The molecule has 314 valence electrons. The predicted molar refractivity (Wildman–Crippen MR) is 214 cm³/mol. The van der Waals surface area contributed by atoms with Crippen LogP contribution in [0.5, 0.6) is 40.2 Å². The van der Waals surface area contributed by atoms with Gasteiger partial charge in [-0.25, -0.2) is 4.79 Å². The second-order valence-corrected chi connectivity index (χ2v) is 17.3. The Kier molecular flexibility index (Phi) is 10.1. The fraction of sp³-hybridized carbons (Fsp3) is 0.500. The van der Waals surface area contributed by atoms with Crippen molar-refractivity contribution in [3.63, 3.8) is 0 Å². The molecule has 15 nitrogen and oxygen atoms in total. The SMILES string of the molecule is COc1cc2c(cc1OC(=O)CCCl)CCN[C@]21CS[C@@H]2c3c(OC(C)=O)c(C)c4c(c3[C@@H](COC1=O)N1C2[C@H]2c3c(cc(C)c(OC)c3O)C[C@H]([C@@H]1O)N2C)OCO4. The molecule has 3 aromatic carbocycles. The molecule has 10 rings (SSSR count). The van der Waals surface area contributed by atoms with Crippen LogP contribution in [-0.4, -0.2) is 109 Å². The molecule has 2 fully saturated rings. The van der Waals surface area contributed by atoms with Crippen molar-refractivity contribution < 1.29 is 57.8 Å². The lowest BCUT2D eigenvalue weighted by Crippen LogP contribution is -2.70. The molecule has 0 radical (unpaired) electrons. The number of carbonyl (C=O) groups is 3. The number of benzene rings is 3. The number of aliphatic hydroxyl groups excluding tert-OH is 1. The number of carbonyl (C=O) groups excluding carboxylic acids is 3. The van der Waals surface area contributed by atoms with Crippen LogP contribution in [0.2, 0.25) is 0 Å². The first kappa shape index (κ1) is 40.0. The fourth-order valence-electron chi connectivity index (χ4n) is 10.3. The molecule has 17 heteroatoms. The Bertz CT molecular complexity index is 2290. The molecule has 0 amide bonds. The molecule has 3 N–H and O–H groups in total. The Morgan fingerprint density at radius 2 is 1.80 bits per heavy atom. The molecule has 7 heterocycles. The Balaban J connectivity index is 1.27. The highest BCUT2D eigenvalue weighted by atomic mass is 35.5. The third-order valence-electron chi connectivity index (χ3n) is 12.8. The molecule has 4 bridgehead atoms. The first-order valence-electron chi connectivity index (χ1n) is 19.6. The lowest BCUT2D eigenvalue weighted by atomic mass is 9.73. The van der Waals surface area contributed by atoms with Crippen LogP contribution in [0.25, 0.3) is 0 Å². The fourth-order valence-corrected chi connectivity index (χ4v) is 12.2. The van der Waals surface area contributed by atoms with Crippen LogP contribution in [-0.2, 0) is 37.5 Å². The summed E-state index contributed by atoms with van der Waals surface area (Å²) in [5.41, 5.74) is 4.13. The summed E-state index contributed by atoms with van der Waals surface area (Å²) in [6.07, 6.45) is -0.113. The van der Waals surface area contributed by atoms with Gasteiger partial charge in [-0.1, -0.05) is 6.07 Å². The van der Waals surface area contributed by atoms with E-state index in [2.05, 4.69) is 10.2 Å². The lowest BCUT2D eigenvalue weighted by molar-refractivity contribution is -0.186. The summed E-state index contributed by atoms with van der Waals surface area (Å²) < 4.78 is 42.0. The van der Waals surface area contributed by atoms with Gasteiger partial charge in [0, 0.05) is 53.4 Å². The average molecular weight is 852 g/mol. The van der Waals surface area contributed by atoms with E-state index in [1.54, 1.807) is 12.1 Å². The zero-order chi connectivity index (χ0) is 41.7. The van der Waals surface area contributed by atoms with Gasteiger partial charge < -0.3 is 43.4 Å². The van der Waals surface area contributed by atoms with Gasteiger partial charge in [-0.05, 0) is 68.1 Å². The van der Waals surface area contributed by atoms with Crippen LogP contribution in [0.15, 0.2) is 18.2 Å². The number of esters is 3. The highest BCUT2D eigenvalue weighted by molar-refractivity contribution is 7.99. The van der Waals surface area contributed by atoms with Crippen molar-refractivity contribution in [2.24, 2.45) is 0 Å². The lowest BCUT2D eigenvalue weighted by Gasteiger charge is -2.62. The average Bonchev–Trinajstić information content (AvgIpc) is 3.70. The minimum atomic E-state index is -1.42. The standard InChI is InChI=1S/C42H46ClN3O12S/c1-18-11-22-12-24-40(50)46-25-15-54-41(51)42(23-14-26(52-5)27(58-28(48)7-9-43)13-21(23)8-10-44-42)16-59-39(33(46)32(45(24)4)29(22)34(49)35(18)53-6)31-30(25)38-37(55-17-56-38)19(2)36(31)57-20(3)47/h11,13-14,24-25,32-33,39-40,44,49-50H,7-10,12,15-17H2,1-6H3/t24-,25-,32-,33?,39-,40+,42-/m1/s1. The second kappa shape index (κ2) is 14.9. The number of fused-ring (bicyclic) bond motifs is 9. The summed E-state index contributed by atoms with van der Waals surface area (Å²) in [6.45, 7) is 5.14. The van der Waals surface area contributed by atoms with Crippen LogP contribution in [0.1, 0.15) is 75.2 Å². The van der Waals surface area contributed by atoms with Crippen LogP contribution in [0, 0.1) is 13.8 Å². The zero-order valence-corrected chi connectivity index (χ0v) is 35.1. The normalized spacial score (nSPS) is 27.8. The first-order chi connectivity index (χ1) is 28.3. The number of aromatic hydroxyl groups is 1. The maximum atomic E-state index is 14.9. The number of methoxy groups -OCH3 is 2. The molecular formula is C42H46ClN3O12S. The van der Waals surface area contributed by atoms with E-state index in [-0.39, 0.29) is 48.7 Å². The molecule has 3 aromatic rings. The number of ether oxygens (including phenoxy) is 7. The molecule has 0 saturated carbocycles. The van der Waals surface area contributed by atoms with Crippen molar-refractivity contribution in [2.45, 2.75) is 81.2 Å². The van der Waals surface area contributed by atoms with Crippen LogP contribution >= 0.6 is 23.4 Å². The number of hydrogen-bond acceptors (Lipinski definition) is 16. The minimum Gasteiger partial charge on any atom is -0.504 e. The molecule has 1 spiro atoms. The van der Waals surface area contributed by atoms with Crippen molar-refractivity contribution in [1.29, 1.82) is 0 Å². The van der Waals surface area contributed by atoms with Crippen molar-refractivity contribution in [3.05, 3.63) is 62.7 Å². The largest absolute Gasteiger partial charge is 0.504 e. The predicted octanol–water partition coefficient (Wildman–Crippen LogP) is 4.24. The summed E-state index contributed by atoms with van der Waals surface area (Å²) in [5.74, 6) is 0.626. The summed E-state index contributed by atoms with van der Waals surface area (Å²) in [7, 11) is 4.94. The number of alkyl halides is 1. The Morgan fingerprint density at radius 3 is 2.53 bits per heavy atom. The minimum absolute atomic E-state index is 0.00785. The van der Waals surface area contributed by atoms with Crippen molar-refractivity contribution in [3.8, 4) is 40.2 Å². The Morgan fingerprint density at radius 1 is 1.02 bits per heavy atom. The van der Waals surface area contributed by atoms with E-state index < -0.39 is 59.1 Å². The Labute approximate surface area is 350 Å². The van der Waals surface area contributed by atoms with Gasteiger partial charge in [0.1, 0.15) is 18.6 Å². The first-order valence-corrected chi connectivity index (χ1v) is 21.2. The molecular weight excluding hydrogens is 806 g/mol. The number of aryl methyl sites for hydroxylation is 1. The van der Waals surface area contributed by atoms with Crippen LogP contribution < -0.4 is 33.7 Å². The number of nitrogens with zero attached hydrogens (tertiary/aromatic N) is 2. The number of rotatable bonds is 6. The van der Waals surface area contributed by atoms with E-state index in [9.17, 15) is 24.6 Å². The summed E-state index contributed by atoms with van der Waals surface area (Å²) in [5, 5.41) is 27.6. The molecule has 1 unspecified atom stereocenters. The van der Waals surface area contributed by atoms with Gasteiger partial charge in [-0.3, -0.25) is 24.7 Å². The quantitative estimate of drug-likeness (QED) is 0.182. The van der Waals surface area contributed by atoms with E-state index in [1.165, 1.54) is 32.9 Å². The van der Waals surface area contributed by atoms with Gasteiger partial charge in [-0.15, -0.1) is 23.4 Å². The van der Waals surface area contributed by atoms with Crippen molar-refractivity contribution in [2.75, 3.05) is 52.8 Å². The number of thioether (sulfide) groups is 1. The van der Waals surface area contributed by atoms with E-state index in [1.807, 2.05) is 31.9 Å². The van der Waals surface area contributed by atoms with Crippen LogP contribution in [0.3, 0.4) is 0 Å². The zero-order valence-electron chi connectivity index (χ0n) is 33.5. The molecule has 0 aromatic heterocycles. The Hall–Kier alpha value is -4.45. The molecule has 7 atom stereocenters. The molecule has 7 aliphatic heterocycles. The topological polar surface area (TPSA) is 175 Å². The molecule has 59 heavy (non-hydrogen) atoms. The number of halogens is 1. The molecule has 0 aliphatic carbocycles. The smallest absolute Gasteiger partial charge is 0.331 e. The van der Waals surface area contributed by atoms with Gasteiger partial charge in [0.05, 0.1) is 44.0 Å². The number of likely N-dealkylation sites (N-methyl/N-ethyl adjacent to an activating group) is 1. The van der Waals surface area contributed by atoms with Crippen molar-refractivity contribution >= 4 is 41.3 Å². The van der Waals surface area contributed by atoms with Crippen LogP contribution in [0.4, 0.5) is 0 Å². The molecule has 7 aliphatic rings. The van der Waals surface area contributed by atoms with Gasteiger partial charge >= 0.3 is 17.9 Å². The number of piperazine rings is 1. The van der Waals surface area contributed by atoms with E-state index in [4.69, 9.17) is 44.8 Å². The number of nitrogens with one attached hydrogen (secondary N) is 1. The third kappa shape index (κ3) is 5.96. The van der Waals surface area contributed by atoms with E-state index in [0.717, 1.165) is 16.7 Å². The van der Waals surface area contributed by atoms with Gasteiger partial charge in [0.25, 0.3) is 0 Å². The van der Waals surface area contributed by atoms with E-state index in [0.29, 0.717) is 70.2 Å². The second-order valence-electron chi connectivity index (χ2n) is 15.8. The maximum Gasteiger partial charge on any atom is 0.331 e. The number of hydrogen-bond donors (Lipinski definition) is 3. The summed E-state index contributed by atoms with van der Waals surface area (Å²) in [4.78, 5) is 44.6. The van der Waals surface area contributed by atoms with Crippen molar-refractivity contribution in [1.82, 2.24) is 15.1 Å². The highest BCUT2D eigenvalue weighted by Gasteiger charge is 2.61.